The van der Waals surface area contributed by atoms with E-state index < -0.39 is 5.41 Å². The molecule has 2 aliphatic rings. The van der Waals surface area contributed by atoms with Crippen molar-refractivity contribution >= 4 is 11.8 Å². The molecule has 0 radical (unpaired) electrons. The molecule has 0 aromatic carbocycles. The minimum absolute atomic E-state index is 0.0875. The van der Waals surface area contributed by atoms with Crippen molar-refractivity contribution in [3.8, 4) is 0 Å². The Morgan fingerprint density at radius 3 is 2.07 bits per heavy atom. The van der Waals surface area contributed by atoms with Crippen LogP contribution in [0.4, 0.5) is 0 Å². The van der Waals surface area contributed by atoms with Gasteiger partial charge in [-0.25, -0.2) is 0 Å². The zero-order chi connectivity index (χ0) is 20.3. The van der Waals surface area contributed by atoms with Crippen molar-refractivity contribution in [2.75, 3.05) is 19.8 Å². The molecule has 27 heavy (non-hydrogen) atoms. The maximum Gasteiger partial charge on any atom is 0.311 e. The summed E-state index contributed by atoms with van der Waals surface area (Å²) in [5.41, 5.74) is -0.961. The van der Waals surface area contributed by atoms with Gasteiger partial charge >= 0.3 is 5.97 Å². The lowest BCUT2D eigenvalue weighted by Crippen LogP contribution is -2.40. The molecule has 2 rings (SSSR count). The fourth-order valence-corrected chi connectivity index (χ4v) is 4.26. The van der Waals surface area contributed by atoms with Gasteiger partial charge in [0.05, 0.1) is 24.2 Å². The molecule has 0 bridgehead atoms. The molecule has 2 saturated heterocycles. The molecule has 0 aromatic heterocycles. The lowest BCUT2D eigenvalue weighted by Gasteiger charge is -2.37. The first kappa shape index (κ1) is 22.4. The lowest BCUT2D eigenvalue weighted by molar-refractivity contribution is -0.166. The van der Waals surface area contributed by atoms with Gasteiger partial charge in [-0.05, 0) is 58.3 Å². The van der Waals surface area contributed by atoms with Crippen LogP contribution in [0.5, 0.6) is 0 Å². The predicted octanol–water partition coefficient (Wildman–Crippen LogP) is 4.32. The van der Waals surface area contributed by atoms with Crippen LogP contribution < -0.4 is 0 Å². The van der Waals surface area contributed by atoms with E-state index in [1.54, 1.807) is 0 Å². The van der Waals surface area contributed by atoms with E-state index in [1.165, 1.54) is 0 Å². The van der Waals surface area contributed by atoms with Crippen LogP contribution in [0.15, 0.2) is 0 Å². The van der Waals surface area contributed by atoms with Crippen LogP contribution in [0.25, 0.3) is 0 Å². The van der Waals surface area contributed by atoms with Crippen molar-refractivity contribution in [2.24, 2.45) is 16.2 Å². The number of hydrogen-bond acceptors (Lipinski definition) is 5. The molecule has 0 aliphatic carbocycles. The number of rotatable bonds is 7. The highest BCUT2D eigenvalue weighted by atomic mass is 16.5. The highest BCUT2D eigenvalue weighted by Crippen LogP contribution is 2.38. The number of hydrogen-bond donors (Lipinski definition) is 0. The Morgan fingerprint density at radius 1 is 1.00 bits per heavy atom. The molecular weight excluding hydrogens is 344 g/mol. The van der Waals surface area contributed by atoms with Gasteiger partial charge in [0, 0.05) is 25.0 Å². The molecule has 5 nitrogen and oxygen atoms in total. The van der Waals surface area contributed by atoms with E-state index in [-0.39, 0.29) is 29.0 Å². The highest BCUT2D eigenvalue weighted by molar-refractivity contribution is 5.84. The van der Waals surface area contributed by atoms with Crippen molar-refractivity contribution in [3.63, 3.8) is 0 Å². The van der Waals surface area contributed by atoms with Crippen LogP contribution in [0.3, 0.4) is 0 Å². The fraction of sp³-hybridized carbons (Fsp3) is 0.909. The van der Waals surface area contributed by atoms with E-state index in [1.807, 2.05) is 20.8 Å². The van der Waals surface area contributed by atoms with E-state index in [4.69, 9.17) is 14.2 Å². The summed E-state index contributed by atoms with van der Waals surface area (Å²) >= 11 is 0. The summed E-state index contributed by atoms with van der Waals surface area (Å²) < 4.78 is 16.8. The number of ether oxygens (including phenoxy) is 3. The van der Waals surface area contributed by atoms with Crippen molar-refractivity contribution < 1.29 is 23.8 Å². The predicted molar refractivity (Wildman–Crippen MR) is 104 cm³/mol. The molecule has 2 fully saturated rings. The zero-order valence-electron chi connectivity index (χ0n) is 18.1. The van der Waals surface area contributed by atoms with Crippen LogP contribution in [0.1, 0.15) is 80.1 Å². The maximum absolute atomic E-state index is 12.8. The van der Waals surface area contributed by atoms with E-state index >= 15 is 0 Å². The molecule has 0 spiro atoms. The monoisotopic (exact) mass is 382 g/mol. The fourth-order valence-electron chi connectivity index (χ4n) is 4.26. The largest absolute Gasteiger partial charge is 0.465 e. The Balaban J connectivity index is 1.82. The normalized spacial score (nSPS) is 34.9. The average Bonchev–Trinajstić information content (AvgIpc) is 2.57. The Labute approximate surface area is 164 Å². The van der Waals surface area contributed by atoms with Crippen molar-refractivity contribution in [3.05, 3.63) is 0 Å². The van der Waals surface area contributed by atoms with Crippen LogP contribution >= 0.6 is 0 Å². The van der Waals surface area contributed by atoms with Crippen LogP contribution in [0.2, 0.25) is 0 Å². The van der Waals surface area contributed by atoms with Gasteiger partial charge in [-0.2, -0.15) is 0 Å². The minimum Gasteiger partial charge on any atom is -0.465 e. The third-order valence-corrected chi connectivity index (χ3v) is 6.38. The first-order valence-corrected chi connectivity index (χ1v) is 10.4. The molecule has 4 unspecified atom stereocenters. The van der Waals surface area contributed by atoms with Gasteiger partial charge in [0.2, 0.25) is 0 Å². The van der Waals surface area contributed by atoms with E-state index in [0.29, 0.717) is 44.9 Å². The van der Waals surface area contributed by atoms with Gasteiger partial charge in [0.25, 0.3) is 0 Å². The number of ketones is 1. The summed E-state index contributed by atoms with van der Waals surface area (Å²) in [6, 6.07) is 0. The Bertz CT molecular complexity index is 497. The third-order valence-electron chi connectivity index (χ3n) is 6.38. The molecule has 0 N–H and O–H groups in total. The standard InChI is InChI=1S/C22H38O5/c1-16-13-21(5,9-11-25-16)18(23)7-8-20(3,4)15-27-19(24)22(6)10-12-26-17(2)14-22/h16-17H,7-15H2,1-6H3. The molecule has 2 aliphatic heterocycles. The highest BCUT2D eigenvalue weighted by Gasteiger charge is 2.41. The van der Waals surface area contributed by atoms with Gasteiger partial charge in [-0.15, -0.1) is 0 Å². The summed E-state index contributed by atoms with van der Waals surface area (Å²) in [5, 5.41) is 0. The first-order valence-electron chi connectivity index (χ1n) is 10.4. The second-order valence-corrected chi connectivity index (χ2v) is 10.1. The topological polar surface area (TPSA) is 61.8 Å². The van der Waals surface area contributed by atoms with Crippen molar-refractivity contribution in [2.45, 2.75) is 92.3 Å². The second kappa shape index (κ2) is 8.60. The third kappa shape index (κ3) is 6.02. The maximum atomic E-state index is 12.8. The zero-order valence-corrected chi connectivity index (χ0v) is 18.1. The van der Waals surface area contributed by atoms with Gasteiger partial charge in [0.15, 0.2) is 0 Å². The average molecular weight is 383 g/mol. The van der Waals surface area contributed by atoms with Crippen LogP contribution in [-0.2, 0) is 23.8 Å². The smallest absolute Gasteiger partial charge is 0.311 e. The molecule has 2 heterocycles. The second-order valence-electron chi connectivity index (χ2n) is 10.1. The SMILES string of the molecule is CC1CC(C)(C(=O)CCC(C)(C)COC(=O)C2(C)CCOC(C)C2)CCO1. The van der Waals surface area contributed by atoms with E-state index in [0.717, 1.165) is 19.3 Å². The summed E-state index contributed by atoms with van der Waals surface area (Å²) in [6.45, 7) is 13.8. The number of carbonyl (C=O) groups excluding carboxylic acids is 2. The van der Waals surface area contributed by atoms with Crippen molar-refractivity contribution in [1.29, 1.82) is 0 Å². The number of esters is 1. The summed E-state index contributed by atoms with van der Waals surface area (Å²) in [7, 11) is 0. The Morgan fingerprint density at radius 2 is 1.52 bits per heavy atom. The van der Waals surface area contributed by atoms with Crippen LogP contribution in [0, 0.1) is 16.2 Å². The van der Waals surface area contributed by atoms with Gasteiger partial charge in [-0.3, -0.25) is 9.59 Å². The van der Waals surface area contributed by atoms with E-state index in [2.05, 4.69) is 20.8 Å². The Kier molecular flexibility index (Phi) is 7.12. The Hall–Kier alpha value is -0.940. The summed E-state index contributed by atoms with van der Waals surface area (Å²) in [6.07, 6.45) is 4.46. The van der Waals surface area contributed by atoms with Gasteiger partial charge < -0.3 is 14.2 Å². The number of Topliss-reactive ketones (excluding diaryl/α,β-unsaturated/α-hetero) is 1. The quantitative estimate of drug-likeness (QED) is 0.614. The van der Waals surface area contributed by atoms with Gasteiger partial charge in [-0.1, -0.05) is 20.8 Å². The van der Waals surface area contributed by atoms with Gasteiger partial charge in [0.1, 0.15) is 5.78 Å². The van der Waals surface area contributed by atoms with Crippen molar-refractivity contribution in [1.82, 2.24) is 0 Å². The first-order chi connectivity index (χ1) is 12.5. The molecule has 156 valence electrons. The summed E-state index contributed by atoms with van der Waals surface area (Å²) in [5.74, 6) is 0.171. The molecule has 4 atom stereocenters. The van der Waals surface area contributed by atoms with E-state index in [9.17, 15) is 9.59 Å². The molecule has 0 saturated carbocycles. The molecular formula is C22H38O5. The molecule has 0 aromatic rings. The molecule has 5 heteroatoms. The number of carbonyl (C=O) groups is 2. The lowest BCUT2D eigenvalue weighted by atomic mass is 9.73. The molecule has 0 amide bonds. The summed E-state index contributed by atoms with van der Waals surface area (Å²) in [4.78, 5) is 25.4. The minimum atomic E-state index is -0.463. The van der Waals surface area contributed by atoms with Crippen LogP contribution in [-0.4, -0.2) is 43.8 Å².